The highest BCUT2D eigenvalue weighted by molar-refractivity contribution is 6.18. The lowest BCUT2D eigenvalue weighted by molar-refractivity contribution is -0.117. The Hall–Kier alpha value is -1.03. The molecule has 1 saturated heterocycles. The molecule has 1 amide bonds. The Morgan fingerprint density at radius 3 is 3.07 bits per heavy atom. The third kappa shape index (κ3) is 1.62. The smallest absolute Gasteiger partial charge is 0.234 e. The maximum atomic E-state index is 11.5. The Kier molecular flexibility index (Phi) is 2.46. The average molecular weight is 215 g/mol. The summed E-state index contributed by atoms with van der Waals surface area (Å²) in [5.74, 6) is 1.33. The van der Waals surface area contributed by atoms with E-state index >= 15 is 0 Å². The number of amides is 1. The number of alkyl halides is 1. The van der Waals surface area contributed by atoms with Gasteiger partial charge in [-0.05, 0) is 12.8 Å². The van der Waals surface area contributed by atoms with E-state index in [4.69, 9.17) is 16.1 Å². The maximum Gasteiger partial charge on any atom is 0.234 e. The van der Waals surface area contributed by atoms with Crippen LogP contribution < -0.4 is 4.90 Å². The molecule has 1 aromatic rings. The first-order chi connectivity index (χ1) is 6.70. The van der Waals surface area contributed by atoms with Crippen molar-refractivity contribution in [2.75, 3.05) is 17.3 Å². The Balaban J connectivity index is 2.16. The van der Waals surface area contributed by atoms with Gasteiger partial charge in [0, 0.05) is 24.9 Å². The topological polar surface area (TPSA) is 46.3 Å². The fourth-order valence-electron chi connectivity index (χ4n) is 1.58. The molecule has 0 aliphatic carbocycles. The van der Waals surface area contributed by atoms with Gasteiger partial charge >= 0.3 is 0 Å². The van der Waals surface area contributed by atoms with Gasteiger partial charge in [-0.1, -0.05) is 5.16 Å². The monoisotopic (exact) mass is 214 g/mol. The number of halogens is 1. The van der Waals surface area contributed by atoms with Crippen molar-refractivity contribution >= 4 is 23.4 Å². The summed E-state index contributed by atoms with van der Waals surface area (Å²) in [6.07, 6.45) is 0.503. The molecule has 76 valence electrons. The summed E-state index contributed by atoms with van der Waals surface area (Å²) >= 11 is 5.71. The van der Waals surface area contributed by atoms with Gasteiger partial charge in [-0.3, -0.25) is 9.69 Å². The van der Waals surface area contributed by atoms with E-state index in [-0.39, 0.29) is 11.8 Å². The molecule has 2 rings (SSSR count). The number of aryl methyl sites for hydroxylation is 1. The van der Waals surface area contributed by atoms with Crippen molar-refractivity contribution < 1.29 is 9.32 Å². The molecule has 0 bridgehead atoms. The van der Waals surface area contributed by atoms with Crippen LogP contribution in [0.3, 0.4) is 0 Å². The number of carbonyl (C=O) groups is 1. The van der Waals surface area contributed by atoms with Crippen molar-refractivity contribution in [3.63, 3.8) is 0 Å². The Bertz CT molecular complexity index is 350. The summed E-state index contributed by atoms with van der Waals surface area (Å²) < 4.78 is 5.02. The molecule has 1 unspecified atom stereocenters. The lowest BCUT2D eigenvalue weighted by Crippen LogP contribution is -2.24. The van der Waals surface area contributed by atoms with Crippen LogP contribution in [0.4, 0.5) is 5.88 Å². The van der Waals surface area contributed by atoms with Gasteiger partial charge in [0.05, 0.1) is 5.69 Å². The van der Waals surface area contributed by atoms with Crippen LogP contribution in [-0.4, -0.2) is 23.5 Å². The van der Waals surface area contributed by atoms with Crippen LogP contribution in [0.2, 0.25) is 0 Å². The van der Waals surface area contributed by atoms with Crippen LogP contribution in [0.1, 0.15) is 12.1 Å². The van der Waals surface area contributed by atoms with Crippen LogP contribution in [0.15, 0.2) is 10.6 Å². The molecule has 1 atom stereocenters. The minimum Gasteiger partial charge on any atom is -0.338 e. The first-order valence-electron chi connectivity index (χ1n) is 4.50. The molecule has 0 aromatic carbocycles. The summed E-state index contributed by atoms with van der Waals surface area (Å²) in [5.41, 5.74) is 0.780. The summed E-state index contributed by atoms with van der Waals surface area (Å²) in [6.45, 7) is 2.46. The van der Waals surface area contributed by atoms with Crippen molar-refractivity contribution in [3.05, 3.63) is 11.8 Å². The molecule has 0 saturated carbocycles. The Labute approximate surface area is 86.8 Å². The van der Waals surface area contributed by atoms with Crippen molar-refractivity contribution in [3.8, 4) is 0 Å². The van der Waals surface area contributed by atoms with Gasteiger partial charge in [0.25, 0.3) is 0 Å². The minimum absolute atomic E-state index is 0.0619. The number of rotatable bonds is 2. The van der Waals surface area contributed by atoms with Crippen molar-refractivity contribution in [1.82, 2.24) is 5.16 Å². The second-order valence-electron chi connectivity index (χ2n) is 3.54. The highest BCUT2D eigenvalue weighted by atomic mass is 35.5. The van der Waals surface area contributed by atoms with E-state index < -0.39 is 0 Å². The number of carbonyl (C=O) groups excluding carboxylic acids is 1. The molecule has 1 fully saturated rings. The summed E-state index contributed by atoms with van der Waals surface area (Å²) in [6, 6.07) is 1.76. The lowest BCUT2D eigenvalue weighted by atomic mass is 10.2. The minimum atomic E-state index is 0.0619. The average Bonchev–Trinajstić information content (AvgIpc) is 2.71. The fraction of sp³-hybridized carbons (Fsp3) is 0.556. The molecule has 1 aliphatic rings. The second-order valence-corrected chi connectivity index (χ2v) is 3.84. The lowest BCUT2D eigenvalue weighted by Gasteiger charge is -2.10. The Morgan fingerprint density at radius 1 is 1.79 bits per heavy atom. The van der Waals surface area contributed by atoms with Gasteiger partial charge in [0.2, 0.25) is 11.8 Å². The van der Waals surface area contributed by atoms with Gasteiger partial charge in [0.15, 0.2) is 0 Å². The summed E-state index contributed by atoms with van der Waals surface area (Å²) in [7, 11) is 0. The molecule has 1 aliphatic heterocycles. The standard InChI is InChI=1S/C9H11ClN2O2/c1-6-2-9(14-11-6)12-5-7(4-10)3-8(12)13/h2,7H,3-5H2,1H3. The SMILES string of the molecule is Cc1cc(N2CC(CCl)CC2=O)on1. The molecule has 0 N–H and O–H groups in total. The first-order valence-corrected chi connectivity index (χ1v) is 5.04. The zero-order chi connectivity index (χ0) is 10.1. The van der Waals surface area contributed by atoms with Crippen LogP contribution in [0.5, 0.6) is 0 Å². The molecule has 1 aromatic heterocycles. The predicted octanol–water partition coefficient (Wildman–Crippen LogP) is 1.57. The number of anilines is 1. The van der Waals surface area contributed by atoms with E-state index in [0.29, 0.717) is 24.7 Å². The second kappa shape index (κ2) is 3.61. The van der Waals surface area contributed by atoms with E-state index in [1.54, 1.807) is 11.0 Å². The Morgan fingerprint density at radius 2 is 2.57 bits per heavy atom. The van der Waals surface area contributed by atoms with Crippen LogP contribution in [0, 0.1) is 12.8 Å². The normalized spacial score (nSPS) is 22.0. The van der Waals surface area contributed by atoms with Crippen LogP contribution in [0.25, 0.3) is 0 Å². The van der Waals surface area contributed by atoms with Gasteiger partial charge < -0.3 is 4.52 Å². The van der Waals surface area contributed by atoms with Gasteiger partial charge in [-0.2, -0.15) is 0 Å². The van der Waals surface area contributed by atoms with Gasteiger partial charge in [-0.15, -0.1) is 11.6 Å². The zero-order valence-corrected chi connectivity index (χ0v) is 8.62. The summed E-state index contributed by atoms with van der Waals surface area (Å²) in [5, 5.41) is 3.74. The quantitative estimate of drug-likeness (QED) is 0.703. The van der Waals surface area contributed by atoms with Crippen molar-refractivity contribution in [2.45, 2.75) is 13.3 Å². The molecule has 4 nitrogen and oxygen atoms in total. The number of hydrogen-bond donors (Lipinski definition) is 0. The predicted molar refractivity (Wildman–Crippen MR) is 52.4 cm³/mol. The molecule has 0 radical (unpaired) electrons. The van der Waals surface area contributed by atoms with E-state index in [1.165, 1.54) is 0 Å². The van der Waals surface area contributed by atoms with Crippen LogP contribution in [-0.2, 0) is 4.79 Å². The van der Waals surface area contributed by atoms with E-state index in [2.05, 4.69) is 5.16 Å². The van der Waals surface area contributed by atoms with Gasteiger partial charge in [0.1, 0.15) is 0 Å². The molecule has 14 heavy (non-hydrogen) atoms. The third-order valence-corrected chi connectivity index (χ3v) is 2.74. The largest absolute Gasteiger partial charge is 0.338 e. The summed E-state index contributed by atoms with van der Waals surface area (Å²) in [4.78, 5) is 13.1. The van der Waals surface area contributed by atoms with Crippen molar-refractivity contribution in [2.24, 2.45) is 5.92 Å². The zero-order valence-electron chi connectivity index (χ0n) is 7.86. The third-order valence-electron chi connectivity index (χ3n) is 2.30. The van der Waals surface area contributed by atoms with Crippen molar-refractivity contribution in [1.29, 1.82) is 0 Å². The van der Waals surface area contributed by atoms with Gasteiger partial charge in [-0.25, -0.2) is 0 Å². The highest BCUT2D eigenvalue weighted by Gasteiger charge is 2.31. The molecule has 5 heteroatoms. The van der Waals surface area contributed by atoms with E-state index in [1.807, 2.05) is 6.92 Å². The molecule has 2 heterocycles. The number of nitrogens with zero attached hydrogens (tertiary/aromatic N) is 2. The first kappa shape index (κ1) is 9.52. The molecule has 0 spiro atoms. The number of hydrogen-bond acceptors (Lipinski definition) is 3. The number of aromatic nitrogens is 1. The highest BCUT2D eigenvalue weighted by Crippen LogP contribution is 2.25. The molecular weight excluding hydrogens is 204 g/mol. The fourth-order valence-corrected chi connectivity index (χ4v) is 1.78. The maximum absolute atomic E-state index is 11.5. The van der Waals surface area contributed by atoms with Crippen LogP contribution >= 0.6 is 11.6 Å². The molecular formula is C9H11ClN2O2. The van der Waals surface area contributed by atoms with E-state index in [9.17, 15) is 4.79 Å². The van der Waals surface area contributed by atoms with E-state index in [0.717, 1.165) is 5.69 Å².